The highest BCUT2D eigenvalue weighted by molar-refractivity contribution is 7.12. The van der Waals surface area contributed by atoms with Gasteiger partial charge in [0.1, 0.15) is 11.6 Å². The first-order chi connectivity index (χ1) is 7.99. The molecule has 0 nitrogen and oxygen atoms in total. The average Bonchev–Trinajstić information content (AvgIpc) is 2.57. The summed E-state index contributed by atoms with van der Waals surface area (Å²) in [6, 6.07) is 5.43. The van der Waals surface area contributed by atoms with E-state index in [2.05, 4.69) is 0 Å². The monoisotopic (exact) mass is 272 g/mol. The molecule has 0 saturated carbocycles. The second-order valence-electron chi connectivity index (χ2n) is 3.90. The van der Waals surface area contributed by atoms with Crippen LogP contribution in [-0.4, -0.2) is 0 Å². The first-order valence-electron chi connectivity index (χ1n) is 5.15. The third-order valence-corrected chi connectivity index (χ3v) is 4.04. The molecule has 0 N–H and O–H groups in total. The van der Waals surface area contributed by atoms with Crippen molar-refractivity contribution in [3.05, 3.63) is 56.8 Å². The lowest BCUT2D eigenvalue weighted by atomic mass is 10.0. The van der Waals surface area contributed by atoms with Crippen molar-refractivity contribution in [2.45, 2.75) is 19.2 Å². The molecule has 1 unspecified atom stereocenters. The number of hydrogen-bond acceptors (Lipinski definition) is 1. The van der Waals surface area contributed by atoms with Gasteiger partial charge in [-0.1, -0.05) is 6.07 Å². The molecule has 17 heavy (non-hydrogen) atoms. The summed E-state index contributed by atoms with van der Waals surface area (Å²) in [6.07, 6.45) is 0. The van der Waals surface area contributed by atoms with Gasteiger partial charge in [-0.2, -0.15) is 0 Å². The zero-order valence-electron chi connectivity index (χ0n) is 9.43. The van der Waals surface area contributed by atoms with E-state index in [-0.39, 0.29) is 0 Å². The summed E-state index contributed by atoms with van der Waals surface area (Å²) in [6.45, 7) is 3.93. The molecular formula is C13H11ClF2S. The molecule has 0 aliphatic rings. The predicted octanol–water partition coefficient (Wildman–Crippen LogP) is 4.97. The standard InChI is InChI=1S/C13H11ClF2S/c1-7-5-11(8(2)17-7)13(14)10-4-3-9(15)6-12(10)16/h3-6,13H,1-2H3. The van der Waals surface area contributed by atoms with E-state index >= 15 is 0 Å². The van der Waals surface area contributed by atoms with Crippen LogP contribution in [0.5, 0.6) is 0 Å². The second kappa shape index (κ2) is 4.75. The van der Waals surface area contributed by atoms with Crippen molar-refractivity contribution in [3.8, 4) is 0 Å². The number of benzene rings is 1. The zero-order valence-corrected chi connectivity index (χ0v) is 11.0. The highest BCUT2D eigenvalue weighted by Gasteiger charge is 2.19. The maximum atomic E-state index is 13.6. The van der Waals surface area contributed by atoms with Gasteiger partial charge >= 0.3 is 0 Å². The fourth-order valence-corrected chi connectivity index (χ4v) is 3.21. The summed E-state index contributed by atoms with van der Waals surface area (Å²) in [5, 5.41) is -0.569. The molecule has 1 aromatic carbocycles. The molecule has 0 saturated heterocycles. The van der Waals surface area contributed by atoms with Crippen molar-refractivity contribution in [2.75, 3.05) is 0 Å². The number of rotatable bonds is 2. The second-order valence-corrected chi connectivity index (χ2v) is 5.79. The van der Waals surface area contributed by atoms with E-state index in [1.807, 2.05) is 19.9 Å². The Kier molecular flexibility index (Phi) is 3.50. The fourth-order valence-electron chi connectivity index (χ4n) is 1.78. The van der Waals surface area contributed by atoms with Gasteiger partial charge < -0.3 is 0 Å². The molecule has 1 aromatic heterocycles. The molecule has 0 fully saturated rings. The van der Waals surface area contributed by atoms with Crippen molar-refractivity contribution in [1.82, 2.24) is 0 Å². The van der Waals surface area contributed by atoms with Crippen LogP contribution in [0, 0.1) is 25.5 Å². The van der Waals surface area contributed by atoms with E-state index in [0.29, 0.717) is 5.56 Å². The molecule has 0 spiro atoms. The number of alkyl halides is 1. The maximum absolute atomic E-state index is 13.6. The third-order valence-electron chi connectivity index (χ3n) is 2.59. The summed E-state index contributed by atoms with van der Waals surface area (Å²) in [4.78, 5) is 2.19. The fraction of sp³-hybridized carbons (Fsp3) is 0.231. The SMILES string of the molecule is Cc1cc(C(Cl)c2ccc(F)cc2F)c(C)s1. The van der Waals surface area contributed by atoms with E-state index in [9.17, 15) is 8.78 Å². The minimum Gasteiger partial charge on any atom is -0.207 e. The Morgan fingerprint density at radius 3 is 2.35 bits per heavy atom. The van der Waals surface area contributed by atoms with Crippen molar-refractivity contribution < 1.29 is 8.78 Å². The Hall–Kier alpha value is -0.930. The Morgan fingerprint density at radius 2 is 1.82 bits per heavy atom. The van der Waals surface area contributed by atoms with Gasteiger partial charge in [0.25, 0.3) is 0 Å². The van der Waals surface area contributed by atoms with Crippen molar-refractivity contribution in [2.24, 2.45) is 0 Å². The van der Waals surface area contributed by atoms with Crippen LogP contribution >= 0.6 is 22.9 Å². The minimum absolute atomic E-state index is 0.314. The smallest absolute Gasteiger partial charge is 0.131 e. The average molecular weight is 273 g/mol. The molecule has 0 aliphatic carbocycles. The molecule has 0 bridgehead atoms. The largest absolute Gasteiger partial charge is 0.207 e. The van der Waals surface area contributed by atoms with Gasteiger partial charge in [-0.15, -0.1) is 22.9 Å². The van der Waals surface area contributed by atoms with Crippen molar-refractivity contribution >= 4 is 22.9 Å². The van der Waals surface area contributed by atoms with Crippen LogP contribution in [0.15, 0.2) is 24.3 Å². The Morgan fingerprint density at radius 1 is 1.12 bits per heavy atom. The van der Waals surface area contributed by atoms with Crippen LogP contribution in [-0.2, 0) is 0 Å². The lowest BCUT2D eigenvalue weighted by Gasteiger charge is -2.10. The maximum Gasteiger partial charge on any atom is 0.131 e. The normalized spacial score (nSPS) is 12.8. The van der Waals surface area contributed by atoms with E-state index in [4.69, 9.17) is 11.6 Å². The van der Waals surface area contributed by atoms with Gasteiger partial charge in [-0.25, -0.2) is 8.78 Å². The molecule has 0 aliphatic heterocycles. The first kappa shape index (κ1) is 12.5. The van der Waals surface area contributed by atoms with E-state index < -0.39 is 17.0 Å². The summed E-state index contributed by atoms with van der Waals surface area (Å²) in [5.74, 6) is -1.19. The van der Waals surface area contributed by atoms with Gasteiger partial charge in [-0.05, 0) is 31.5 Å². The lowest BCUT2D eigenvalue weighted by Crippen LogP contribution is -1.97. The molecule has 90 valence electrons. The van der Waals surface area contributed by atoms with E-state index in [1.54, 1.807) is 11.3 Å². The van der Waals surface area contributed by atoms with Crippen LogP contribution in [0.1, 0.15) is 26.3 Å². The molecule has 1 heterocycles. The summed E-state index contributed by atoms with van der Waals surface area (Å²) < 4.78 is 26.4. The molecular weight excluding hydrogens is 262 g/mol. The van der Waals surface area contributed by atoms with Gasteiger partial charge in [0, 0.05) is 21.4 Å². The minimum atomic E-state index is -0.603. The van der Waals surface area contributed by atoms with Crippen LogP contribution in [0.2, 0.25) is 0 Å². The molecule has 4 heteroatoms. The third kappa shape index (κ3) is 2.50. The van der Waals surface area contributed by atoms with Crippen molar-refractivity contribution in [1.29, 1.82) is 0 Å². The molecule has 1 atom stereocenters. The van der Waals surface area contributed by atoms with Crippen LogP contribution in [0.4, 0.5) is 8.78 Å². The number of thiophene rings is 1. The number of halogens is 3. The van der Waals surface area contributed by atoms with E-state index in [0.717, 1.165) is 21.4 Å². The Bertz CT molecular complexity index is 548. The predicted molar refractivity (Wildman–Crippen MR) is 67.8 cm³/mol. The highest BCUT2D eigenvalue weighted by Crippen LogP contribution is 2.36. The summed E-state index contributed by atoms with van der Waals surface area (Å²) in [5.41, 5.74) is 1.20. The molecule has 2 rings (SSSR count). The lowest BCUT2D eigenvalue weighted by molar-refractivity contribution is 0.573. The summed E-state index contributed by atoms with van der Waals surface area (Å²) >= 11 is 7.87. The molecule has 0 radical (unpaired) electrons. The Balaban J connectivity index is 2.43. The van der Waals surface area contributed by atoms with Crippen LogP contribution in [0.25, 0.3) is 0 Å². The Labute approximate surface area is 108 Å². The zero-order chi connectivity index (χ0) is 12.6. The first-order valence-corrected chi connectivity index (χ1v) is 6.40. The van der Waals surface area contributed by atoms with Crippen LogP contribution < -0.4 is 0 Å². The van der Waals surface area contributed by atoms with Gasteiger partial charge in [0.05, 0.1) is 5.38 Å². The highest BCUT2D eigenvalue weighted by atomic mass is 35.5. The molecule has 0 amide bonds. The van der Waals surface area contributed by atoms with Crippen LogP contribution in [0.3, 0.4) is 0 Å². The van der Waals surface area contributed by atoms with E-state index in [1.165, 1.54) is 12.1 Å². The van der Waals surface area contributed by atoms with Gasteiger partial charge in [0.2, 0.25) is 0 Å². The number of hydrogen-bond donors (Lipinski definition) is 0. The quantitative estimate of drug-likeness (QED) is 0.677. The van der Waals surface area contributed by atoms with Gasteiger partial charge in [-0.3, -0.25) is 0 Å². The summed E-state index contributed by atoms with van der Waals surface area (Å²) in [7, 11) is 0. The molecule has 2 aromatic rings. The van der Waals surface area contributed by atoms with Gasteiger partial charge in [0.15, 0.2) is 0 Å². The number of aryl methyl sites for hydroxylation is 2. The topological polar surface area (TPSA) is 0 Å². The van der Waals surface area contributed by atoms with Crippen molar-refractivity contribution in [3.63, 3.8) is 0 Å².